The first-order valence-electron chi connectivity index (χ1n) is 6.99. The Morgan fingerprint density at radius 2 is 2.05 bits per heavy atom. The van der Waals surface area contributed by atoms with Crippen molar-refractivity contribution in [2.75, 3.05) is 20.6 Å². The van der Waals surface area contributed by atoms with Crippen LogP contribution in [0.1, 0.15) is 18.4 Å². The molecule has 0 radical (unpaired) electrons. The standard InChI is InChI=1S/C16H21FN2O2/c1-19(2)9-3-4-15(20)18-14-10-16(21,11-14)12-5-7-13(17)8-6-12/h3-8,14,21H,9-11H2,1-2H3,(H,18,20)/b4-3+. The normalized spacial score (nSPS) is 25.1. The van der Waals surface area contributed by atoms with Gasteiger partial charge in [-0.2, -0.15) is 0 Å². The van der Waals surface area contributed by atoms with Crippen molar-refractivity contribution < 1.29 is 14.3 Å². The summed E-state index contributed by atoms with van der Waals surface area (Å²) >= 11 is 0. The van der Waals surface area contributed by atoms with Crippen LogP contribution in [0.15, 0.2) is 36.4 Å². The maximum absolute atomic E-state index is 12.9. The number of likely N-dealkylation sites (N-methyl/N-ethyl adjacent to an activating group) is 1. The highest BCUT2D eigenvalue weighted by Gasteiger charge is 2.44. The van der Waals surface area contributed by atoms with Gasteiger partial charge in [-0.25, -0.2) is 4.39 Å². The van der Waals surface area contributed by atoms with E-state index in [4.69, 9.17) is 0 Å². The Morgan fingerprint density at radius 3 is 2.62 bits per heavy atom. The van der Waals surface area contributed by atoms with Crippen molar-refractivity contribution in [2.45, 2.75) is 24.5 Å². The van der Waals surface area contributed by atoms with Crippen LogP contribution in [0.3, 0.4) is 0 Å². The average Bonchev–Trinajstić information content (AvgIpc) is 2.37. The summed E-state index contributed by atoms with van der Waals surface area (Å²) in [6.07, 6.45) is 4.20. The van der Waals surface area contributed by atoms with E-state index < -0.39 is 5.60 Å². The van der Waals surface area contributed by atoms with E-state index in [1.165, 1.54) is 18.2 Å². The van der Waals surface area contributed by atoms with Gasteiger partial charge in [0.25, 0.3) is 0 Å². The van der Waals surface area contributed by atoms with E-state index in [9.17, 15) is 14.3 Å². The first kappa shape index (κ1) is 15.7. The minimum Gasteiger partial charge on any atom is -0.385 e. The Balaban J connectivity index is 1.82. The van der Waals surface area contributed by atoms with Gasteiger partial charge in [0.2, 0.25) is 5.91 Å². The highest BCUT2D eigenvalue weighted by atomic mass is 19.1. The van der Waals surface area contributed by atoms with Gasteiger partial charge in [0.05, 0.1) is 5.60 Å². The minimum atomic E-state index is -0.959. The van der Waals surface area contributed by atoms with E-state index in [0.29, 0.717) is 24.9 Å². The van der Waals surface area contributed by atoms with E-state index in [0.717, 1.165) is 0 Å². The molecule has 1 saturated carbocycles. The summed E-state index contributed by atoms with van der Waals surface area (Å²) in [6.45, 7) is 0.706. The molecule has 5 heteroatoms. The zero-order valence-corrected chi connectivity index (χ0v) is 12.3. The molecular weight excluding hydrogens is 271 g/mol. The van der Waals surface area contributed by atoms with Gasteiger partial charge in [0.15, 0.2) is 0 Å². The summed E-state index contributed by atoms with van der Waals surface area (Å²) in [5.41, 5.74) is -0.267. The predicted molar refractivity (Wildman–Crippen MR) is 79.2 cm³/mol. The van der Waals surface area contributed by atoms with E-state index in [-0.39, 0.29) is 17.8 Å². The second-order valence-corrected chi connectivity index (χ2v) is 5.82. The number of hydrogen-bond acceptors (Lipinski definition) is 3. The van der Waals surface area contributed by atoms with Gasteiger partial charge in [-0.15, -0.1) is 0 Å². The molecule has 1 aromatic rings. The second kappa shape index (κ2) is 6.37. The zero-order valence-electron chi connectivity index (χ0n) is 12.3. The lowest BCUT2D eigenvalue weighted by Crippen LogP contribution is -2.52. The lowest BCUT2D eigenvalue weighted by molar-refractivity contribution is -0.121. The van der Waals surface area contributed by atoms with Gasteiger partial charge >= 0.3 is 0 Å². The average molecular weight is 292 g/mol. The number of nitrogens with one attached hydrogen (secondary N) is 1. The Hall–Kier alpha value is -1.72. The van der Waals surface area contributed by atoms with Crippen molar-refractivity contribution in [3.05, 3.63) is 47.8 Å². The second-order valence-electron chi connectivity index (χ2n) is 5.82. The Kier molecular flexibility index (Phi) is 4.75. The van der Waals surface area contributed by atoms with Crippen molar-refractivity contribution in [1.29, 1.82) is 0 Å². The summed E-state index contributed by atoms with van der Waals surface area (Å²) in [5.74, 6) is -0.472. The van der Waals surface area contributed by atoms with Crippen LogP contribution >= 0.6 is 0 Å². The van der Waals surface area contributed by atoms with Crippen LogP contribution in [-0.4, -0.2) is 42.6 Å². The highest BCUT2D eigenvalue weighted by molar-refractivity contribution is 5.87. The smallest absolute Gasteiger partial charge is 0.243 e. The van der Waals surface area contributed by atoms with Gasteiger partial charge in [0.1, 0.15) is 5.82 Å². The van der Waals surface area contributed by atoms with Gasteiger partial charge in [-0.1, -0.05) is 18.2 Å². The van der Waals surface area contributed by atoms with Gasteiger partial charge < -0.3 is 15.3 Å². The largest absolute Gasteiger partial charge is 0.385 e. The fraction of sp³-hybridized carbons (Fsp3) is 0.438. The molecule has 2 rings (SSSR count). The Labute approximate surface area is 124 Å². The van der Waals surface area contributed by atoms with Crippen LogP contribution in [0, 0.1) is 5.82 Å². The zero-order chi connectivity index (χ0) is 15.5. The number of nitrogens with zero attached hydrogens (tertiary/aromatic N) is 1. The van der Waals surface area contributed by atoms with Crippen molar-refractivity contribution in [1.82, 2.24) is 10.2 Å². The Morgan fingerprint density at radius 1 is 1.43 bits per heavy atom. The number of carbonyl (C=O) groups is 1. The van der Waals surface area contributed by atoms with Crippen molar-refractivity contribution in [3.8, 4) is 0 Å². The summed E-state index contributed by atoms with van der Waals surface area (Å²) in [7, 11) is 3.86. The summed E-state index contributed by atoms with van der Waals surface area (Å²) < 4.78 is 12.9. The van der Waals surface area contributed by atoms with E-state index in [1.54, 1.807) is 18.2 Å². The molecule has 0 spiro atoms. The number of carbonyl (C=O) groups excluding carboxylic acids is 1. The van der Waals surface area contributed by atoms with Crippen LogP contribution in [0.4, 0.5) is 4.39 Å². The molecule has 0 heterocycles. The molecule has 1 fully saturated rings. The molecule has 21 heavy (non-hydrogen) atoms. The number of halogens is 1. The number of benzene rings is 1. The van der Waals surface area contributed by atoms with E-state index >= 15 is 0 Å². The highest BCUT2D eigenvalue weighted by Crippen LogP contribution is 2.41. The molecule has 0 aromatic heterocycles. The monoisotopic (exact) mass is 292 g/mol. The fourth-order valence-corrected chi connectivity index (χ4v) is 2.47. The third-order valence-corrected chi connectivity index (χ3v) is 3.64. The minimum absolute atomic E-state index is 0.0449. The molecule has 0 atom stereocenters. The van der Waals surface area contributed by atoms with Crippen LogP contribution in [-0.2, 0) is 10.4 Å². The summed E-state index contributed by atoms with van der Waals surface area (Å²) in [5, 5.41) is 13.3. The van der Waals surface area contributed by atoms with Crippen LogP contribution < -0.4 is 5.32 Å². The number of hydrogen-bond donors (Lipinski definition) is 2. The van der Waals surface area contributed by atoms with Gasteiger partial charge in [0, 0.05) is 31.5 Å². The molecule has 2 N–H and O–H groups in total. The van der Waals surface area contributed by atoms with Crippen molar-refractivity contribution >= 4 is 5.91 Å². The molecule has 1 amide bonds. The molecule has 1 aliphatic carbocycles. The molecule has 1 aliphatic rings. The van der Waals surface area contributed by atoms with E-state index in [1.807, 2.05) is 19.0 Å². The first-order valence-corrected chi connectivity index (χ1v) is 6.99. The molecular formula is C16H21FN2O2. The summed E-state index contributed by atoms with van der Waals surface area (Å²) in [4.78, 5) is 13.6. The maximum Gasteiger partial charge on any atom is 0.243 e. The van der Waals surface area contributed by atoms with Crippen LogP contribution in [0.5, 0.6) is 0 Å². The van der Waals surface area contributed by atoms with Crippen LogP contribution in [0.2, 0.25) is 0 Å². The molecule has 114 valence electrons. The van der Waals surface area contributed by atoms with E-state index in [2.05, 4.69) is 5.32 Å². The third-order valence-electron chi connectivity index (χ3n) is 3.64. The summed E-state index contributed by atoms with van der Waals surface area (Å²) in [6, 6.07) is 5.80. The quantitative estimate of drug-likeness (QED) is 0.807. The SMILES string of the molecule is CN(C)C/C=C/C(=O)NC1CC(O)(c2ccc(F)cc2)C1. The van der Waals surface area contributed by atoms with Crippen molar-refractivity contribution in [2.24, 2.45) is 0 Å². The number of rotatable bonds is 5. The number of amides is 1. The lowest BCUT2D eigenvalue weighted by Gasteiger charge is -2.44. The number of aliphatic hydroxyl groups is 1. The van der Waals surface area contributed by atoms with Crippen molar-refractivity contribution in [3.63, 3.8) is 0 Å². The van der Waals surface area contributed by atoms with Gasteiger partial charge in [-0.3, -0.25) is 4.79 Å². The first-order chi connectivity index (χ1) is 9.89. The molecule has 0 unspecified atom stereocenters. The molecule has 0 bridgehead atoms. The molecule has 0 aliphatic heterocycles. The Bertz CT molecular complexity index is 520. The third kappa shape index (κ3) is 4.12. The topological polar surface area (TPSA) is 52.6 Å². The van der Waals surface area contributed by atoms with Crippen LogP contribution in [0.25, 0.3) is 0 Å². The molecule has 0 saturated heterocycles. The van der Waals surface area contributed by atoms with Gasteiger partial charge in [-0.05, 0) is 31.8 Å². The predicted octanol–water partition coefficient (Wildman–Crippen LogP) is 1.41. The lowest BCUT2D eigenvalue weighted by atomic mass is 9.71. The molecule has 4 nitrogen and oxygen atoms in total. The fourth-order valence-electron chi connectivity index (χ4n) is 2.47. The molecule has 1 aromatic carbocycles. The maximum atomic E-state index is 12.9.